The minimum Gasteiger partial charge on any atom is -0.0683 e. The van der Waals surface area contributed by atoms with Crippen molar-refractivity contribution in [2.24, 2.45) is 5.41 Å². The average molecular weight is 228 g/mol. The number of hydrogen-bond donors (Lipinski definition) is 0. The second kappa shape index (κ2) is 13.1. The summed E-state index contributed by atoms with van der Waals surface area (Å²) in [6, 6.07) is 0. The van der Waals surface area contributed by atoms with Crippen LogP contribution in [0.2, 0.25) is 0 Å². The van der Waals surface area contributed by atoms with Crippen LogP contribution in [-0.2, 0) is 0 Å². The zero-order chi connectivity index (χ0) is 12.9. The summed E-state index contributed by atoms with van der Waals surface area (Å²) in [6.07, 6.45) is 13.3. The van der Waals surface area contributed by atoms with E-state index >= 15 is 0 Å². The molecule has 0 aromatic rings. The summed E-state index contributed by atoms with van der Waals surface area (Å²) in [5, 5.41) is 0. The second-order valence-electron chi connectivity index (χ2n) is 4.56. The molecule has 16 heavy (non-hydrogen) atoms. The fourth-order valence-electron chi connectivity index (χ4n) is 2.99. The summed E-state index contributed by atoms with van der Waals surface area (Å²) in [6.45, 7) is 12.7. The summed E-state index contributed by atoms with van der Waals surface area (Å²) in [5.74, 6) is 0. The van der Waals surface area contributed by atoms with Gasteiger partial charge in [-0.15, -0.1) is 0 Å². The van der Waals surface area contributed by atoms with Crippen molar-refractivity contribution >= 4 is 0 Å². The molecule has 0 spiro atoms. The van der Waals surface area contributed by atoms with Gasteiger partial charge in [-0.1, -0.05) is 73.6 Å². The minimum absolute atomic E-state index is 0.780. The van der Waals surface area contributed by atoms with Gasteiger partial charge in [0.2, 0.25) is 0 Å². The number of rotatable bonds is 4. The Balaban J connectivity index is 0. The molecule has 0 aromatic carbocycles. The van der Waals surface area contributed by atoms with E-state index in [0.29, 0.717) is 0 Å². The van der Waals surface area contributed by atoms with Crippen molar-refractivity contribution in [1.29, 1.82) is 0 Å². The van der Waals surface area contributed by atoms with Crippen molar-refractivity contribution in [2.75, 3.05) is 0 Å². The lowest BCUT2D eigenvalue weighted by molar-refractivity contribution is 0.154. The highest BCUT2D eigenvalue weighted by Gasteiger charge is 2.29. The maximum Gasteiger partial charge on any atom is -0.0298 e. The molecular formula is C16H36. The minimum atomic E-state index is 0.780. The predicted octanol–water partition coefficient (Wildman–Crippen LogP) is 6.59. The molecule has 100 valence electrons. The third kappa shape index (κ3) is 7.30. The van der Waals surface area contributed by atoms with Gasteiger partial charge >= 0.3 is 0 Å². The van der Waals surface area contributed by atoms with E-state index in [1.807, 2.05) is 27.7 Å². The highest BCUT2D eigenvalue weighted by atomic mass is 14.3. The van der Waals surface area contributed by atoms with Crippen LogP contribution in [0.3, 0.4) is 0 Å². The quantitative estimate of drug-likeness (QED) is 0.509. The molecule has 0 nitrogen and oxygen atoms in total. The zero-order valence-corrected chi connectivity index (χ0v) is 12.9. The van der Waals surface area contributed by atoms with Gasteiger partial charge in [0.05, 0.1) is 0 Å². The van der Waals surface area contributed by atoms with Gasteiger partial charge in [0.25, 0.3) is 0 Å². The first-order valence-electron chi connectivity index (χ1n) is 7.83. The summed E-state index contributed by atoms with van der Waals surface area (Å²) < 4.78 is 0. The summed E-state index contributed by atoms with van der Waals surface area (Å²) >= 11 is 0. The van der Waals surface area contributed by atoms with Gasteiger partial charge in [-0.2, -0.15) is 0 Å². The Labute approximate surface area is 105 Å². The predicted molar refractivity (Wildman–Crippen MR) is 78.0 cm³/mol. The largest absolute Gasteiger partial charge is 0.0683 e. The first-order chi connectivity index (χ1) is 7.83. The van der Waals surface area contributed by atoms with E-state index in [9.17, 15) is 0 Å². The molecule has 0 amide bonds. The van der Waals surface area contributed by atoms with E-state index < -0.39 is 0 Å². The Bertz CT molecular complexity index is 93.7. The Morgan fingerprint density at radius 2 is 1.06 bits per heavy atom. The van der Waals surface area contributed by atoms with Gasteiger partial charge in [-0.3, -0.25) is 0 Å². The normalized spacial score (nSPS) is 17.6. The SMILES string of the molecule is CC.CC.CCCC1(CCC)CCCCC1. The van der Waals surface area contributed by atoms with E-state index in [1.54, 1.807) is 0 Å². The molecule has 1 aliphatic rings. The van der Waals surface area contributed by atoms with Crippen LogP contribution in [-0.4, -0.2) is 0 Å². The highest BCUT2D eigenvalue weighted by molar-refractivity contribution is 4.81. The fraction of sp³-hybridized carbons (Fsp3) is 1.00. The molecule has 0 unspecified atom stereocenters. The number of hydrogen-bond acceptors (Lipinski definition) is 0. The Morgan fingerprint density at radius 3 is 1.38 bits per heavy atom. The van der Waals surface area contributed by atoms with E-state index in [-0.39, 0.29) is 0 Å². The first-order valence-corrected chi connectivity index (χ1v) is 7.83. The highest BCUT2D eigenvalue weighted by Crippen LogP contribution is 2.43. The van der Waals surface area contributed by atoms with Crippen molar-refractivity contribution in [3.63, 3.8) is 0 Å². The van der Waals surface area contributed by atoms with E-state index in [2.05, 4.69) is 13.8 Å². The standard InChI is InChI=1S/C12H24.2C2H6/c1-3-8-12(9-4-2)10-6-5-7-11-12;2*1-2/h3-11H2,1-2H3;2*1-2H3. The molecule has 0 aliphatic heterocycles. The lowest BCUT2D eigenvalue weighted by Gasteiger charge is -2.37. The van der Waals surface area contributed by atoms with Crippen LogP contribution in [0.15, 0.2) is 0 Å². The van der Waals surface area contributed by atoms with Gasteiger partial charge in [0.15, 0.2) is 0 Å². The van der Waals surface area contributed by atoms with E-state index in [0.717, 1.165) is 5.41 Å². The molecule has 0 N–H and O–H groups in total. The molecule has 1 rings (SSSR count). The fourth-order valence-corrected chi connectivity index (χ4v) is 2.99. The molecule has 0 aromatic heterocycles. The molecule has 1 aliphatic carbocycles. The van der Waals surface area contributed by atoms with Crippen LogP contribution in [0.5, 0.6) is 0 Å². The van der Waals surface area contributed by atoms with Crippen molar-refractivity contribution in [3.05, 3.63) is 0 Å². The summed E-state index contributed by atoms with van der Waals surface area (Å²) in [7, 11) is 0. The lowest BCUT2D eigenvalue weighted by atomic mass is 9.69. The van der Waals surface area contributed by atoms with Crippen LogP contribution in [0, 0.1) is 5.41 Å². The molecule has 0 saturated heterocycles. The van der Waals surface area contributed by atoms with Gasteiger partial charge in [0, 0.05) is 0 Å². The van der Waals surface area contributed by atoms with Crippen LogP contribution in [0.1, 0.15) is 99.3 Å². The third-order valence-electron chi connectivity index (χ3n) is 3.47. The molecule has 1 fully saturated rings. The van der Waals surface area contributed by atoms with Crippen molar-refractivity contribution in [1.82, 2.24) is 0 Å². The zero-order valence-electron chi connectivity index (χ0n) is 12.9. The smallest absolute Gasteiger partial charge is 0.0298 e. The third-order valence-corrected chi connectivity index (χ3v) is 3.47. The average Bonchev–Trinajstić information content (AvgIpc) is 2.36. The van der Waals surface area contributed by atoms with Crippen LogP contribution in [0.25, 0.3) is 0 Å². The Kier molecular flexibility index (Phi) is 15.0. The molecule has 0 heteroatoms. The Morgan fingerprint density at radius 1 is 0.688 bits per heavy atom. The summed E-state index contributed by atoms with van der Waals surface area (Å²) in [4.78, 5) is 0. The van der Waals surface area contributed by atoms with Crippen molar-refractivity contribution < 1.29 is 0 Å². The first kappa shape index (κ1) is 18.4. The van der Waals surface area contributed by atoms with Gasteiger partial charge in [-0.25, -0.2) is 0 Å². The van der Waals surface area contributed by atoms with Gasteiger partial charge in [0.1, 0.15) is 0 Å². The van der Waals surface area contributed by atoms with Gasteiger partial charge in [-0.05, 0) is 31.1 Å². The van der Waals surface area contributed by atoms with E-state index in [1.165, 1.54) is 57.8 Å². The van der Waals surface area contributed by atoms with Crippen LogP contribution < -0.4 is 0 Å². The molecule has 1 saturated carbocycles. The van der Waals surface area contributed by atoms with Crippen molar-refractivity contribution in [3.8, 4) is 0 Å². The lowest BCUT2D eigenvalue weighted by Crippen LogP contribution is -2.23. The molecule has 0 atom stereocenters. The maximum atomic E-state index is 2.34. The second-order valence-corrected chi connectivity index (χ2v) is 4.56. The van der Waals surface area contributed by atoms with Crippen LogP contribution in [0.4, 0.5) is 0 Å². The molecule has 0 bridgehead atoms. The Hall–Kier alpha value is 0. The molecular weight excluding hydrogens is 192 g/mol. The van der Waals surface area contributed by atoms with Crippen molar-refractivity contribution in [2.45, 2.75) is 99.3 Å². The van der Waals surface area contributed by atoms with Gasteiger partial charge < -0.3 is 0 Å². The topological polar surface area (TPSA) is 0 Å². The summed E-state index contributed by atoms with van der Waals surface area (Å²) in [5.41, 5.74) is 0.780. The maximum absolute atomic E-state index is 2.34. The van der Waals surface area contributed by atoms with E-state index in [4.69, 9.17) is 0 Å². The molecule has 0 heterocycles. The van der Waals surface area contributed by atoms with Crippen LogP contribution >= 0.6 is 0 Å². The molecule has 0 radical (unpaired) electrons. The monoisotopic (exact) mass is 228 g/mol.